The van der Waals surface area contributed by atoms with Gasteiger partial charge in [0.1, 0.15) is 0 Å². The molecule has 140 valence electrons. The predicted octanol–water partition coefficient (Wildman–Crippen LogP) is 3.85. The molecule has 0 atom stereocenters. The van der Waals surface area contributed by atoms with Gasteiger partial charge in [-0.15, -0.1) is 0 Å². The summed E-state index contributed by atoms with van der Waals surface area (Å²) in [6.45, 7) is 3.78. The highest BCUT2D eigenvalue weighted by atomic mass is 79.9. The quantitative estimate of drug-likeness (QED) is 0.704. The van der Waals surface area contributed by atoms with E-state index < -0.39 is 0 Å². The minimum absolute atomic E-state index is 0.163. The van der Waals surface area contributed by atoms with Crippen molar-refractivity contribution in [1.29, 1.82) is 0 Å². The molecule has 5 nitrogen and oxygen atoms in total. The van der Waals surface area contributed by atoms with E-state index in [2.05, 4.69) is 38.3 Å². The number of rotatable bonds is 8. The second-order valence-corrected chi connectivity index (χ2v) is 7.01. The molecule has 0 saturated carbocycles. The summed E-state index contributed by atoms with van der Waals surface area (Å²) in [6.07, 6.45) is 0. The Morgan fingerprint density at radius 3 is 2.38 bits per heavy atom. The van der Waals surface area contributed by atoms with E-state index in [9.17, 15) is 4.79 Å². The van der Waals surface area contributed by atoms with E-state index in [1.807, 2.05) is 33.2 Å². The molecule has 0 aliphatic carbocycles. The van der Waals surface area contributed by atoms with E-state index in [4.69, 9.17) is 9.47 Å². The molecule has 1 amide bonds. The van der Waals surface area contributed by atoms with Gasteiger partial charge in [0.15, 0.2) is 11.5 Å². The number of benzene rings is 2. The Bertz CT molecular complexity index is 745. The van der Waals surface area contributed by atoms with Crippen LogP contribution in [0.1, 0.15) is 28.4 Å². The first-order valence-corrected chi connectivity index (χ1v) is 9.25. The Kier molecular flexibility index (Phi) is 7.48. The fourth-order valence-corrected chi connectivity index (χ4v) is 3.10. The van der Waals surface area contributed by atoms with Crippen molar-refractivity contribution >= 4 is 21.8 Å². The van der Waals surface area contributed by atoms with Crippen LogP contribution >= 0.6 is 15.9 Å². The van der Waals surface area contributed by atoms with Crippen LogP contribution < -0.4 is 14.8 Å². The summed E-state index contributed by atoms with van der Waals surface area (Å²) < 4.78 is 11.6. The van der Waals surface area contributed by atoms with Crippen molar-refractivity contribution in [2.75, 3.05) is 27.8 Å². The Balaban J connectivity index is 2.04. The second-order valence-electron chi connectivity index (χ2n) is 6.16. The molecule has 2 aromatic rings. The number of nitrogens with one attached hydrogen (secondary N) is 1. The summed E-state index contributed by atoms with van der Waals surface area (Å²) in [4.78, 5) is 14.6. The van der Waals surface area contributed by atoms with Gasteiger partial charge >= 0.3 is 0 Å². The monoisotopic (exact) mass is 420 g/mol. The predicted molar refractivity (Wildman–Crippen MR) is 107 cm³/mol. The van der Waals surface area contributed by atoms with E-state index in [1.165, 1.54) is 5.56 Å². The molecule has 26 heavy (non-hydrogen) atoms. The number of hydrogen-bond donors (Lipinski definition) is 1. The van der Waals surface area contributed by atoms with Crippen LogP contribution in [0, 0.1) is 0 Å². The lowest BCUT2D eigenvalue weighted by molar-refractivity contribution is 0.0950. The average Bonchev–Trinajstić information content (AvgIpc) is 2.62. The highest BCUT2D eigenvalue weighted by Crippen LogP contribution is 2.36. The van der Waals surface area contributed by atoms with E-state index in [-0.39, 0.29) is 5.91 Å². The fraction of sp³-hybridized carbons (Fsp3) is 0.350. The summed E-state index contributed by atoms with van der Waals surface area (Å²) >= 11 is 3.44. The number of hydrogen-bond acceptors (Lipinski definition) is 4. The van der Waals surface area contributed by atoms with Gasteiger partial charge in [-0.25, -0.2) is 0 Å². The van der Waals surface area contributed by atoms with Gasteiger partial charge in [-0.05, 0) is 60.2 Å². The highest BCUT2D eigenvalue weighted by Gasteiger charge is 2.15. The van der Waals surface area contributed by atoms with Crippen LogP contribution in [0.4, 0.5) is 0 Å². The molecule has 1 N–H and O–H groups in total. The van der Waals surface area contributed by atoms with Crippen molar-refractivity contribution in [3.8, 4) is 11.5 Å². The fourth-order valence-electron chi connectivity index (χ4n) is 2.55. The molecule has 6 heteroatoms. The number of methoxy groups -OCH3 is 1. The molecule has 0 aliphatic rings. The first-order valence-electron chi connectivity index (χ1n) is 8.45. The SMILES string of the molecule is CCOc1c(Br)cc(C(=O)NCc2ccc(CN(C)C)cc2)cc1OC. The van der Waals surface area contributed by atoms with Crippen molar-refractivity contribution in [3.63, 3.8) is 0 Å². The van der Waals surface area contributed by atoms with Gasteiger partial charge in [0, 0.05) is 18.7 Å². The normalized spacial score (nSPS) is 10.7. The van der Waals surface area contributed by atoms with Crippen molar-refractivity contribution in [1.82, 2.24) is 10.2 Å². The van der Waals surface area contributed by atoms with Crippen LogP contribution in [0.3, 0.4) is 0 Å². The zero-order chi connectivity index (χ0) is 19.1. The van der Waals surface area contributed by atoms with Gasteiger partial charge in [-0.3, -0.25) is 4.79 Å². The molecule has 0 fully saturated rings. The summed E-state index contributed by atoms with van der Waals surface area (Å²) in [5.74, 6) is 0.965. The van der Waals surface area contributed by atoms with E-state index in [0.717, 1.165) is 12.1 Å². The van der Waals surface area contributed by atoms with E-state index in [1.54, 1.807) is 19.2 Å². The molecule has 0 unspecified atom stereocenters. The van der Waals surface area contributed by atoms with Crippen LogP contribution in [-0.4, -0.2) is 38.6 Å². The first kappa shape index (κ1) is 20.3. The van der Waals surface area contributed by atoms with E-state index >= 15 is 0 Å². The van der Waals surface area contributed by atoms with Gasteiger partial charge in [0.05, 0.1) is 18.2 Å². The highest BCUT2D eigenvalue weighted by molar-refractivity contribution is 9.10. The minimum Gasteiger partial charge on any atom is -0.493 e. The molecule has 0 aromatic heterocycles. The van der Waals surface area contributed by atoms with Gasteiger partial charge < -0.3 is 19.7 Å². The lowest BCUT2D eigenvalue weighted by atomic mass is 10.1. The molecule has 0 radical (unpaired) electrons. The maximum atomic E-state index is 12.5. The van der Waals surface area contributed by atoms with Gasteiger partial charge in [0.25, 0.3) is 5.91 Å². The number of halogens is 1. The zero-order valence-electron chi connectivity index (χ0n) is 15.6. The molecule has 0 spiro atoms. The van der Waals surface area contributed by atoms with Gasteiger partial charge in [0.2, 0.25) is 0 Å². The molecule has 0 heterocycles. The smallest absolute Gasteiger partial charge is 0.251 e. The Labute approximate surface area is 163 Å². The Hall–Kier alpha value is -2.05. The summed E-state index contributed by atoms with van der Waals surface area (Å²) in [5, 5.41) is 2.94. The lowest BCUT2D eigenvalue weighted by Gasteiger charge is -2.13. The van der Waals surface area contributed by atoms with Crippen LogP contribution in [0.2, 0.25) is 0 Å². The number of nitrogens with zero attached hydrogens (tertiary/aromatic N) is 1. The van der Waals surface area contributed by atoms with E-state index in [0.29, 0.717) is 34.7 Å². The summed E-state index contributed by atoms with van der Waals surface area (Å²) in [6, 6.07) is 11.7. The zero-order valence-corrected chi connectivity index (χ0v) is 17.2. The van der Waals surface area contributed by atoms with Gasteiger partial charge in [-0.1, -0.05) is 24.3 Å². The summed E-state index contributed by atoms with van der Waals surface area (Å²) in [5.41, 5.74) is 2.81. The largest absolute Gasteiger partial charge is 0.493 e. The Morgan fingerprint density at radius 2 is 1.81 bits per heavy atom. The number of ether oxygens (including phenoxy) is 2. The van der Waals surface area contributed by atoms with Crippen LogP contribution in [0.15, 0.2) is 40.9 Å². The van der Waals surface area contributed by atoms with Gasteiger partial charge in [-0.2, -0.15) is 0 Å². The third kappa shape index (κ3) is 5.47. The molecular weight excluding hydrogens is 396 g/mol. The third-order valence-electron chi connectivity index (χ3n) is 3.76. The third-order valence-corrected chi connectivity index (χ3v) is 4.34. The van der Waals surface area contributed by atoms with Crippen LogP contribution in [0.5, 0.6) is 11.5 Å². The standard InChI is InChI=1S/C20H25BrN2O3/c1-5-26-19-17(21)10-16(11-18(19)25-4)20(24)22-12-14-6-8-15(9-7-14)13-23(2)3/h6-11H,5,12-13H2,1-4H3,(H,22,24). The van der Waals surface area contributed by atoms with Crippen molar-refractivity contribution < 1.29 is 14.3 Å². The average molecular weight is 421 g/mol. The van der Waals surface area contributed by atoms with Crippen LogP contribution in [0.25, 0.3) is 0 Å². The maximum Gasteiger partial charge on any atom is 0.251 e. The molecule has 0 saturated heterocycles. The number of amides is 1. The molecule has 0 aliphatic heterocycles. The molecular formula is C20H25BrN2O3. The molecule has 0 bridgehead atoms. The van der Waals surface area contributed by atoms with Crippen molar-refractivity contribution in [2.45, 2.75) is 20.0 Å². The van der Waals surface area contributed by atoms with Crippen LogP contribution in [-0.2, 0) is 13.1 Å². The second kappa shape index (κ2) is 9.59. The number of carbonyl (C=O) groups is 1. The maximum absolute atomic E-state index is 12.5. The first-order chi connectivity index (χ1) is 12.4. The molecule has 2 rings (SSSR count). The minimum atomic E-state index is -0.163. The lowest BCUT2D eigenvalue weighted by Crippen LogP contribution is -2.23. The Morgan fingerprint density at radius 1 is 1.15 bits per heavy atom. The number of carbonyl (C=O) groups excluding carboxylic acids is 1. The molecule has 2 aromatic carbocycles. The van der Waals surface area contributed by atoms with Crippen molar-refractivity contribution in [3.05, 3.63) is 57.6 Å². The topological polar surface area (TPSA) is 50.8 Å². The van der Waals surface area contributed by atoms with Crippen molar-refractivity contribution in [2.24, 2.45) is 0 Å². The summed E-state index contributed by atoms with van der Waals surface area (Å²) in [7, 11) is 5.63.